The summed E-state index contributed by atoms with van der Waals surface area (Å²) in [5.41, 5.74) is 0.714. The summed E-state index contributed by atoms with van der Waals surface area (Å²) < 4.78 is 13.8. The maximum atomic E-state index is 13.8. The van der Waals surface area contributed by atoms with Gasteiger partial charge >= 0.3 is 5.97 Å². The van der Waals surface area contributed by atoms with Gasteiger partial charge in [0.1, 0.15) is 11.4 Å². The Morgan fingerprint density at radius 3 is 2.65 bits per heavy atom. The third-order valence-corrected chi connectivity index (χ3v) is 2.98. The molecular formula is C14H13FN2O3. The van der Waals surface area contributed by atoms with Gasteiger partial charge in [-0.05, 0) is 25.5 Å². The Hall–Kier alpha value is -2.63. The molecule has 1 aromatic carbocycles. The number of H-pyrrole nitrogens is 1. The van der Waals surface area contributed by atoms with Crippen molar-refractivity contribution in [2.75, 3.05) is 5.32 Å². The maximum absolute atomic E-state index is 13.8. The molecule has 5 nitrogen and oxygen atoms in total. The van der Waals surface area contributed by atoms with E-state index in [9.17, 15) is 14.0 Å². The first-order valence-corrected chi connectivity index (χ1v) is 5.89. The molecule has 1 aromatic heterocycles. The zero-order valence-electron chi connectivity index (χ0n) is 11.0. The topological polar surface area (TPSA) is 82.2 Å². The molecule has 0 radical (unpaired) electrons. The van der Waals surface area contributed by atoms with E-state index in [2.05, 4.69) is 10.3 Å². The van der Waals surface area contributed by atoms with Crippen LogP contribution in [0.15, 0.2) is 24.4 Å². The van der Waals surface area contributed by atoms with Crippen LogP contribution in [0.25, 0.3) is 0 Å². The molecule has 0 bridgehead atoms. The predicted octanol–water partition coefficient (Wildman–Crippen LogP) is 2.72. The number of hydrogen-bond donors (Lipinski definition) is 3. The van der Waals surface area contributed by atoms with Crippen molar-refractivity contribution in [1.29, 1.82) is 0 Å². The highest BCUT2D eigenvalue weighted by molar-refractivity contribution is 6.08. The van der Waals surface area contributed by atoms with Crippen LogP contribution in [0.3, 0.4) is 0 Å². The fourth-order valence-corrected chi connectivity index (χ4v) is 1.91. The molecule has 0 aliphatic rings. The van der Waals surface area contributed by atoms with Crippen LogP contribution in [-0.2, 0) is 0 Å². The molecule has 6 heteroatoms. The van der Waals surface area contributed by atoms with Gasteiger partial charge in [-0.3, -0.25) is 4.79 Å². The lowest BCUT2D eigenvalue weighted by Crippen LogP contribution is -2.16. The van der Waals surface area contributed by atoms with Crippen molar-refractivity contribution in [3.8, 4) is 0 Å². The predicted molar refractivity (Wildman–Crippen MR) is 71.6 cm³/mol. The quantitative estimate of drug-likeness (QED) is 0.806. The number of aryl methyl sites for hydroxylation is 2. The normalized spacial score (nSPS) is 10.3. The van der Waals surface area contributed by atoms with Gasteiger partial charge in [0.2, 0.25) is 0 Å². The minimum absolute atomic E-state index is 0.0357. The number of nitrogens with one attached hydrogen (secondary N) is 2. The fourth-order valence-electron chi connectivity index (χ4n) is 1.91. The molecule has 104 valence electrons. The number of aromatic nitrogens is 1. The van der Waals surface area contributed by atoms with Gasteiger partial charge in [0.05, 0.1) is 11.3 Å². The third kappa shape index (κ3) is 2.40. The molecule has 1 heterocycles. The molecular weight excluding hydrogens is 263 g/mol. The summed E-state index contributed by atoms with van der Waals surface area (Å²) in [5.74, 6) is -2.47. The van der Waals surface area contributed by atoms with Crippen molar-refractivity contribution in [3.63, 3.8) is 0 Å². The molecule has 0 saturated carbocycles. The van der Waals surface area contributed by atoms with E-state index in [0.29, 0.717) is 11.3 Å². The van der Waals surface area contributed by atoms with E-state index >= 15 is 0 Å². The van der Waals surface area contributed by atoms with Crippen molar-refractivity contribution in [2.24, 2.45) is 0 Å². The molecule has 0 unspecified atom stereocenters. The van der Waals surface area contributed by atoms with E-state index in [4.69, 9.17) is 5.11 Å². The number of carbonyl (C=O) groups is 2. The molecule has 3 N–H and O–H groups in total. The summed E-state index contributed by atoms with van der Waals surface area (Å²) >= 11 is 0. The lowest BCUT2D eigenvalue weighted by atomic mass is 10.1. The molecule has 0 atom stereocenters. The molecule has 2 rings (SSSR count). The Balaban J connectivity index is 2.33. The van der Waals surface area contributed by atoms with Crippen molar-refractivity contribution in [2.45, 2.75) is 13.8 Å². The number of halogens is 1. The lowest BCUT2D eigenvalue weighted by molar-refractivity contribution is 0.0697. The second-order valence-electron chi connectivity index (χ2n) is 4.40. The highest BCUT2D eigenvalue weighted by Gasteiger charge is 2.19. The van der Waals surface area contributed by atoms with Gasteiger partial charge in [-0.15, -0.1) is 0 Å². The Bertz CT molecular complexity index is 692. The van der Waals surface area contributed by atoms with Crippen LogP contribution in [0, 0.1) is 19.7 Å². The number of anilines is 1. The fraction of sp³-hybridized carbons (Fsp3) is 0.143. The second-order valence-corrected chi connectivity index (χ2v) is 4.40. The van der Waals surface area contributed by atoms with E-state index in [1.165, 1.54) is 12.3 Å². The highest BCUT2D eigenvalue weighted by atomic mass is 19.1. The van der Waals surface area contributed by atoms with Crippen molar-refractivity contribution >= 4 is 17.6 Å². The SMILES string of the molecule is Cc1cccc(C(=O)Nc2c[nH]c(C)c2C(=O)O)c1F. The van der Waals surface area contributed by atoms with E-state index < -0.39 is 17.7 Å². The molecule has 0 saturated heterocycles. The highest BCUT2D eigenvalue weighted by Crippen LogP contribution is 2.21. The van der Waals surface area contributed by atoms with E-state index in [1.807, 2.05) is 0 Å². The monoisotopic (exact) mass is 276 g/mol. The van der Waals surface area contributed by atoms with Gasteiger partial charge in [-0.25, -0.2) is 9.18 Å². The first-order chi connectivity index (χ1) is 9.41. The number of amides is 1. The zero-order chi connectivity index (χ0) is 14.9. The van der Waals surface area contributed by atoms with Crippen LogP contribution < -0.4 is 5.32 Å². The summed E-state index contributed by atoms with van der Waals surface area (Å²) in [4.78, 5) is 25.8. The number of hydrogen-bond acceptors (Lipinski definition) is 2. The molecule has 0 aliphatic carbocycles. The number of benzene rings is 1. The molecule has 1 amide bonds. The van der Waals surface area contributed by atoms with Gasteiger partial charge in [-0.1, -0.05) is 12.1 Å². The van der Waals surface area contributed by atoms with Crippen LogP contribution in [0.4, 0.5) is 10.1 Å². The number of aromatic carboxylic acids is 1. The van der Waals surface area contributed by atoms with Crippen molar-refractivity contribution in [1.82, 2.24) is 4.98 Å². The van der Waals surface area contributed by atoms with Crippen molar-refractivity contribution < 1.29 is 19.1 Å². The standard InChI is InChI=1S/C14H13FN2O3/c1-7-4-3-5-9(12(7)15)13(18)17-10-6-16-8(2)11(10)14(19)20/h3-6,16H,1-2H3,(H,17,18)(H,19,20). The van der Waals surface area contributed by atoms with Gasteiger partial charge in [0.15, 0.2) is 0 Å². The van der Waals surface area contributed by atoms with Gasteiger partial charge < -0.3 is 15.4 Å². The smallest absolute Gasteiger partial charge is 0.339 e. The zero-order valence-corrected chi connectivity index (χ0v) is 11.0. The summed E-state index contributed by atoms with van der Waals surface area (Å²) in [6, 6.07) is 4.46. The average Bonchev–Trinajstić information content (AvgIpc) is 2.73. The van der Waals surface area contributed by atoms with Crippen LogP contribution in [0.2, 0.25) is 0 Å². The summed E-state index contributed by atoms with van der Waals surface area (Å²) in [5, 5.41) is 11.5. The van der Waals surface area contributed by atoms with Gasteiger partial charge in [0.25, 0.3) is 5.91 Å². The molecule has 0 fully saturated rings. The number of carboxylic acid groups (broad SMARTS) is 1. The largest absolute Gasteiger partial charge is 0.478 e. The Labute approximate surface area is 114 Å². The average molecular weight is 276 g/mol. The van der Waals surface area contributed by atoms with E-state index in [1.54, 1.807) is 26.0 Å². The first kappa shape index (κ1) is 13.8. The van der Waals surface area contributed by atoms with Crippen LogP contribution in [0.1, 0.15) is 32.0 Å². The maximum Gasteiger partial charge on any atom is 0.339 e. The molecule has 0 aliphatic heterocycles. The summed E-state index contributed by atoms with van der Waals surface area (Å²) in [7, 11) is 0. The molecule has 2 aromatic rings. The number of aromatic amines is 1. The number of carboxylic acids is 1. The van der Waals surface area contributed by atoms with Crippen LogP contribution >= 0.6 is 0 Å². The lowest BCUT2D eigenvalue weighted by Gasteiger charge is -2.07. The Kier molecular flexibility index (Phi) is 3.56. The van der Waals surface area contributed by atoms with Crippen LogP contribution in [-0.4, -0.2) is 22.0 Å². The van der Waals surface area contributed by atoms with Crippen LogP contribution in [0.5, 0.6) is 0 Å². The van der Waals surface area contributed by atoms with Gasteiger partial charge in [0, 0.05) is 11.9 Å². The minimum Gasteiger partial charge on any atom is -0.478 e. The minimum atomic E-state index is -1.16. The summed E-state index contributed by atoms with van der Waals surface area (Å²) in [6.07, 6.45) is 1.37. The Morgan fingerprint density at radius 1 is 1.30 bits per heavy atom. The molecule has 20 heavy (non-hydrogen) atoms. The number of carbonyl (C=O) groups excluding carboxylic acids is 1. The first-order valence-electron chi connectivity index (χ1n) is 5.89. The third-order valence-electron chi connectivity index (χ3n) is 2.98. The van der Waals surface area contributed by atoms with Gasteiger partial charge in [-0.2, -0.15) is 0 Å². The van der Waals surface area contributed by atoms with Crippen molar-refractivity contribution in [3.05, 3.63) is 52.6 Å². The summed E-state index contributed by atoms with van der Waals surface area (Å²) in [6.45, 7) is 3.13. The Morgan fingerprint density at radius 2 is 2.00 bits per heavy atom. The molecule has 0 spiro atoms. The number of rotatable bonds is 3. The van der Waals surface area contributed by atoms with E-state index in [0.717, 1.165) is 0 Å². The second kappa shape index (κ2) is 5.16. The van der Waals surface area contributed by atoms with E-state index in [-0.39, 0.29) is 16.8 Å².